The van der Waals surface area contributed by atoms with Crippen LogP contribution >= 0.6 is 0 Å². The monoisotopic (exact) mass is 386 g/mol. The van der Waals surface area contributed by atoms with E-state index in [-0.39, 0.29) is 5.91 Å². The number of carbonyl (C=O) groups is 2. The second-order valence-corrected chi connectivity index (χ2v) is 7.73. The lowest BCUT2D eigenvalue weighted by atomic mass is 9.76. The van der Waals surface area contributed by atoms with E-state index >= 15 is 0 Å². The van der Waals surface area contributed by atoms with Crippen LogP contribution in [0, 0.1) is 11.8 Å². The van der Waals surface area contributed by atoms with Gasteiger partial charge in [0.1, 0.15) is 5.75 Å². The van der Waals surface area contributed by atoms with E-state index in [1.807, 2.05) is 49.9 Å². The number of aliphatic carboxylic acids is 1. The number of para-hydroxylation sites is 2. The Morgan fingerprint density at radius 2 is 1.64 bits per heavy atom. The van der Waals surface area contributed by atoms with Crippen molar-refractivity contribution in [2.45, 2.75) is 33.6 Å². The summed E-state index contributed by atoms with van der Waals surface area (Å²) in [4.78, 5) is 28.9. The van der Waals surface area contributed by atoms with E-state index in [1.165, 1.54) is 0 Å². The summed E-state index contributed by atoms with van der Waals surface area (Å²) in [6.07, 6.45) is 1.02. The van der Waals surface area contributed by atoms with Crippen molar-refractivity contribution in [2.24, 2.45) is 11.8 Å². The summed E-state index contributed by atoms with van der Waals surface area (Å²) < 4.78 is 5.73. The van der Waals surface area contributed by atoms with Gasteiger partial charge in [-0.15, -0.1) is 0 Å². The van der Waals surface area contributed by atoms with Crippen molar-refractivity contribution in [1.29, 1.82) is 0 Å². The number of ether oxygens (including phenoxy) is 1. The zero-order valence-corrected chi connectivity index (χ0v) is 17.0. The van der Waals surface area contributed by atoms with Crippen LogP contribution in [0.5, 0.6) is 5.75 Å². The van der Waals surface area contributed by atoms with Gasteiger partial charge in [-0.3, -0.25) is 9.59 Å². The Morgan fingerprint density at radius 1 is 1.04 bits per heavy atom. The lowest BCUT2D eigenvalue weighted by Crippen LogP contribution is -2.52. The molecule has 1 aliphatic carbocycles. The molecule has 2 atom stereocenters. The normalized spacial score (nSPS) is 23.0. The minimum atomic E-state index is -0.866. The molecule has 1 aliphatic heterocycles. The van der Waals surface area contributed by atoms with E-state index in [4.69, 9.17) is 4.74 Å². The molecule has 0 spiro atoms. The summed E-state index contributed by atoms with van der Waals surface area (Å²) in [7, 11) is 0. The molecule has 1 aromatic carbocycles. The number of nitrogens with zero attached hydrogens (tertiary/aromatic N) is 2. The van der Waals surface area contributed by atoms with Crippen LogP contribution in [0.15, 0.2) is 35.4 Å². The van der Waals surface area contributed by atoms with Gasteiger partial charge in [-0.2, -0.15) is 0 Å². The zero-order valence-electron chi connectivity index (χ0n) is 17.0. The smallest absolute Gasteiger partial charge is 0.307 e. The van der Waals surface area contributed by atoms with Crippen LogP contribution in [0.2, 0.25) is 0 Å². The third kappa shape index (κ3) is 4.16. The maximum atomic E-state index is 13.1. The first kappa shape index (κ1) is 20.2. The summed E-state index contributed by atoms with van der Waals surface area (Å²) >= 11 is 0. The molecule has 0 radical (unpaired) electrons. The highest BCUT2D eigenvalue weighted by atomic mass is 16.5. The molecule has 0 aromatic heterocycles. The largest absolute Gasteiger partial charge is 0.492 e. The molecule has 1 heterocycles. The number of carboxylic acid groups (broad SMARTS) is 1. The molecule has 152 valence electrons. The molecule has 6 heteroatoms. The Kier molecular flexibility index (Phi) is 6.27. The Bertz CT molecular complexity index is 766. The molecule has 1 N–H and O–H groups in total. The van der Waals surface area contributed by atoms with Gasteiger partial charge < -0.3 is 19.6 Å². The van der Waals surface area contributed by atoms with Crippen molar-refractivity contribution in [3.05, 3.63) is 35.4 Å². The van der Waals surface area contributed by atoms with E-state index < -0.39 is 17.8 Å². The first-order valence-corrected chi connectivity index (χ1v) is 10.1. The van der Waals surface area contributed by atoms with Gasteiger partial charge in [0, 0.05) is 26.2 Å². The average molecular weight is 386 g/mol. The van der Waals surface area contributed by atoms with Crippen LogP contribution < -0.4 is 9.64 Å². The summed E-state index contributed by atoms with van der Waals surface area (Å²) in [6, 6.07) is 7.96. The van der Waals surface area contributed by atoms with Gasteiger partial charge in [-0.25, -0.2) is 0 Å². The summed E-state index contributed by atoms with van der Waals surface area (Å²) in [5, 5.41) is 9.62. The minimum absolute atomic E-state index is 0.0167. The van der Waals surface area contributed by atoms with Gasteiger partial charge >= 0.3 is 5.97 Å². The fourth-order valence-electron chi connectivity index (χ4n) is 4.21. The molecule has 28 heavy (non-hydrogen) atoms. The van der Waals surface area contributed by atoms with E-state index in [0.29, 0.717) is 45.6 Å². The summed E-state index contributed by atoms with van der Waals surface area (Å²) in [5.41, 5.74) is 3.31. The van der Waals surface area contributed by atoms with Crippen LogP contribution in [0.25, 0.3) is 0 Å². The molecule has 3 rings (SSSR count). The molecule has 1 fully saturated rings. The highest BCUT2D eigenvalue weighted by Crippen LogP contribution is 2.36. The van der Waals surface area contributed by atoms with Crippen molar-refractivity contribution in [3.8, 4) is 5.75 Å². The van der Waals surface area contributed by atoms with E-state index in [9.17, 15) is 14.7 Å². The number of hydrogen-bond donors (Lipinski definition) is 1. The van der Waals surface area contributed by atoms with Crippen LogP contribution in [-0.2, 0) is 9.59 Å². The quantitative estimate of drug-likeness (QED) is 0.787. The molecule has 1 aromatic rings. The highest BCUT2D eigenvalue weighted by molar-refractivity contribution is 5.86. The maximum Gasteiger partial charge on any atom is 0.307 e. The number of piperazine rings is 1. The topological polar surface area (TPSA) is 70.1 Å². The van der Waals surface area contributed by atoms with Crippen LogP contribution in [-0.4, -0.2) is 54.7 Å². The van der Waals surface area contributed by atoms with E-state index in [2.05, 4.69) is 4.90 Å². The fraction of sp³-hybridized carbons (Fsp3) is 0.545. The first-order valence-electron chi connectivity index (χ1n) is 10.1. The molecule has 2 aliphatic rings. The number of rotatable bonds is 5. The van der Waals surface area contributed by atoms with Crippen molar-refractivity contribution in [2.75, 3.05) is 37.7 Å². The molecular weight excluding hydrogens is 356 g/mol. The first-order chi connectivity index (χ1) is 13.4. The maximum absolute atomic E-state index is 13.1. The second-order valence-electron chi connectivity index (χ2n) is 7.73. The van der Waals surface area contributed by atoms with Gasteiger partial charge in [0.05, 0.1) is 24.1 Å². The van der Waals surface area contributed by atoms with Gasteiger partial charge in [0.2, 0.25) is 5.91 Å². The van der Waals surface area contributed by atoms with Gasteiger partial charge in [-0.05, 0) is 45.7 Å². The summed E-state index contributed by atoms with van der Waals surface area (Å²) in [5.74, 6) is -1.10. The molecule has 6 nitrogen and oxygen atoms in total. The van der Waals surface area contributed by atoms with Crippen LogP contribution in [0.3, 0.4) is 0 Å². The minimum Gasteiger partial charge on any atom is -0.492 e. The number of benzene rings is 1. The number of carbonyl (C=O) groups excluding carboxylic acids is 1. The van der Waals surface area contributed by atoms with Crippen molar-refractivity contribution >= 4 is 17.6 Å². The highest BCUT2D eigenvalue weighted by Gasteiger charge is 2.39. The SMILES string of the molecule is CCOc1ccccc1N1CCN(C(=O)[C@H]2CC(C)=C(C)C[C@H]2C(=O)O)CC1. The standard InChI is InChI=1S/C22H30N2O4/c1-4-28-20-8-6-5-7-19(20)23-9-11-24(12-10-23)21(25)17-13-15(2)16(3)14-18(17)22(26)27/h5-8,17-18H,4,9-14H2,1-3H3,(H,26,27)/t17-,18+/m0/s1. The Labute approximate surface area is 166 Å². The number of amides is 1. The summed E-state index contributed by atoms with van der Waals surface area (Å²) in [6.45, 7) is 9.20. The predicted molar refractivity (Wildman–Crippen MR) is 109 cm³/mol. The van der Waals surface area contributed by atoms with Crippen LogP contribution in [0.1, 0.15) is 33.6 Å². The van der Waals surface area contributed by atoms with Gasteiger partial charge in [0.15, 0.2) is 0 Å². The van der Waals surface area contributed by atoms with Gasteiger partial charge in [0.25, 0.3) is 0 Å². The number of hydrogen-bond acceptors (Lipinski definition) is 4. The lowest BCUT2D eigenvalue weighted by molar-refractivity contribution is -0.151. The van der Waals surface area contributed by atoms with Gasteiger partial charge in [-0.1, -0.05) is 23.3 Å². The molecule has 0 saturated carbocycles. The number of allylic oxidation sites excluding steroid dienone is 2. The van der Waals surface area contributed by atoms with Crippen LogP contribution in [0.4, 0.5) is 5.69 Å². The Hall–Kier alpha value is -2.50. The second kappa shape index (κ2) is 8.67. The number of anilines is 1. The fourth-order valence-corrected chi connectivity index (χ4v) is 4.21. The lowest BCUT2D eigenvalue weighted by Gasteiger charge is -2.40. The molecule has 1 amide bonds. The molecule has 0 unspecified atom stereocenters. The van der Waals surface area contributed by atoms with E-state index in [1.54, 1.807) is 0 Å². The van der Waals surface area contributed by atoms with Crippen molar-refractivity contribution in [1.82, 2.24) is 4.90 Å². The molecule has 0 bridgehead atoms. The molecular formula is C22H30N2O4. The Balaban J connectivity index is 1.68. The Morgan fingerprint density at radius 3 is 2.25 bits per heavy atom. The third-order valence-corrected chi connectivity index (χ3v) is 6.00. The molecule has 1 saturated heterocycles. The third-order valence-electron chi connectivity index (χ3n) is 6.00. The number of carboxylic acids is 1. The predicted octanol–water partition coefficient (Wildman–Crippen LogP) is 3.18. The average Bonchev–Trinajstić information content (AvgIpc) is 2.70. The zero-order chi connectivity index (χ0) is 20.3. The van der Waals surface area contributed by atoms with Crippen molar-refractivity contribution in [3.63, 3.8) is 0 Å². The van der Waals surface area contributed by atoms with Crippen molar-refractivity contribution < 1.29 is 19.4 Å². The van der Waals surface area contributed by atoms with E-state index in [0.717, 1.165) is 22.6 Å².